The molecule has 2 aromatic carbocycles. The molecule has 10 nitrogen and oxygen atoms in total. The Morgan fingerprint density at radius 1 is 1.10 bits per heavy atom. The van der Waals surface area contributed by atoms with E-state index in [9.17, 15) is 18.0 Å². The SMILES string of the molecule is Cc1cccc(/C=N/Nc2cc(N3CCOCC3)nc(OCC(C)(C)OC(=O)Nc3cccc(C(F)(F)F)c3)n2)c1. The predicted molar refractivity (Wildman–Crippen MR) is 149 cm³/mol. The van der Waals surface area contributed by atoms with Gasteiger partial charge in [0.1, 0.15) is 18.0 Å². The number of ether oxygens (including phenoxy) is 3. The summed E-state index contributed by atoms with van der Waals surface area (Å²) >= 11 is 0. The molecule has 0 aliphatic carbocycles. The molecule has 0 unspecified atom stereocenters. The Kier molecular flexibility index (Phi) is 9.28. The Balaban J connectivity index is 1.42. The highest BCUT2D eigenvalue weighted by Crippen LogP contribution is 2.31. The number of benzene rings is 2. The molecular formula is C28H31F3N6O4. The number of aryl methyl sites for hydroxylation is 1. The molecule has 4 rings (SSSR count). The largest absolute Gasteiger partial charge is 0.459 e. The van der Waals surface area contributed by atoms with Crippen LogP contribution in [0.3, 0.4) is 0 Å². The third kappa shape index (κ3) is 9.07. The van der Waals surface area contributed by atoms with E-state index in [-0.39, 0.29) is 18.3 Å². The molecule has 2 heterocycles. The van der Waals surface area contributed by atoms with Crippen LogP contribution in [-0.2, 0) is 15.7 Å². The highest BCUT2D eigenvalue weighted by atomic mass is 19.4. The van der Waals surface area contributed by atoms with Gasteiger partial charge in [-0.15, -0.1) is 0 Å². The van der Waals surface area contributed by atoms with Gasteiger partial charge in [-0.05, 0) is 44.5 Å². The fourth-order valence-electron chi connectivity index (χ4n) is 3.85. The number of carbonyl (C=O) groups is 1. The summed E-state index contributed by atoms with van der Waals surface area (Å²) in [6.07, 6.45) is -3.80. The van der Waals surface area contributed by atoms with Crippen LogP contribution in [0.5, 0.6) is 6.01 Å². The highest BCUT2D eigenvalue weighted by molar-refractivity contribution is 5.85. The molecule has 1 fully saturated rings. The molecule has 3 aromatic rings. The first-order valence-electron chi connectivity index (χ1n) is 12.8. The number of halogens is 3. The van der Waals surface area contributed by atoms with Crippen molar-refractivity contribution in [3.05, 3.63) is 71.3 Å². The Hall–Kier alpha value is -4.39. The van der Waals surface area contributed by atoms with Gasteiger partial charge in [0.2, 0.25) is 0 Å². The van der Waals surface area contributed by atoms with Crippen molar-refractivity contribution in [1.82, 2.24) is 9.97 Å². The van der Waals surface area contributed by atoms with E-state index in [1.807, 2.05) is 36.1 Å². The molecule has 41 heavy (non-hydrogen) atoms. The number of nitrogens with one attached hydrogen (secondary N) is 2. The maximum atomic E-state index is 13.0. The average Bonchev–Trinajstić information content (AvgIpc) is 2.92. The Morgan fingerprint density at radius 3 is 2.59 bits per heavy atom. The number of amides is 1. The van der Waals surface area contributed by atoms with E-state index in [0.717, 1.165) is 23.3 Å². The fraction of sp³-hybridized carbons (Fsp3) is 0.357. The van der Waals surface area contributed by atoms with Gasteiger partial charge >= 0.3 is 18.3 Å². The summed E-state index contributed by atoms with van der Waals surface area (Å²) in [4.78, 5) is 23.3. The highest BCUT2D eigenvalue weighted by Gasteiger charge is 2.31. The maximum absolute atomic E-state index is 13.0. The van der Waals surface area contributed by atoms with Gasteiger partial charge in [0.25, 0.3) is 0 Å². The van der Waals surface area contributed by atoms with Crippen molar-refractivity contribution in [3.63, 3.8) is 0 Å². The molecule has 0 saturated carbocycles. The summed E-state index contributed by atoms with van der Waals surface area (Å²) in [5.74, 6) is 0.994. The van der Waals surface area contributed by atoms with E-state index in [1.54, 1.807) is 26.1 Å². The van der Waals surface area contributed by atoms with Crippen LogP contribution in [0.15, 0.2) is 59.7 Å². The average molecular weight is 573 g/mol. The van der Waals surface area contributed by atoms with Crippen LogP contribution in [-0.4, -0.2) is 60.8 Å². The molecule has 1 saturated heterocycles. The number of carbonyl (C=O) groups excluding carboxylic acids is 1. The summed E-state index contributed by atoms with van der Waals surface area (Å²) in [6, 6.07) is 13.9. The molecular weight excluding hydrogens is 541 g/mol. The Labute approximate surface area is 235 Å². The second-order valence-corrected chi connectivity index (χ2v) is 9.92. The summed E-state index contributed by atoms with van der Waals surface area (Å²) in [5, 5.41) is 6.60. The Morgan fingerprint density at radius 2 is 1.85 bits per heavy atom. The van der Waals surface area contributed by atoms with E-state index in [2.05, 4.69) is 25.8 Å². The molecule has 0 spiro atoms. The van der Waals surface area contributed by atoms with E-state index >= 15 is 0 Å². The molecule has 1 aromatic heterocycles. The fourth-order valence-corrected chi connectivity index (χ4v) is 3.85. The molecule has 218 valence electrons. The van der Waals surface area contributed by atoms with E-state index in [4.69, 9.17) is 14.2 Å². The van der Waals surface area contributed by atoms with Gasteiger partial charge in [0, 0.05) is 24.8 Å². The van der Waals surface area contributed by atoms with Gasteiger partial charge in [0.15, 0.2) is 5.82 Å². The van der Waals surface area contributed by atoms with Crippen molar-refractivity contribution >= 4 is 29.6 Å². The minimum Gasteiger partial charge on any atom is -0.459 e. The zero-order chi connectivity index (χ0) is 29.5. The van der Waals surface area contributed by atoms with E-state index in [0.29, 0.717) is 37.9 Å². The van der Waals surface area contributed by atoms with Gasteiger partial charge in [-0.1, -0.05) is 35.9 Å². The second-order valence-electron chi connectivity index (χ2n) is 9.92. The molecule has 0 atom stereocenters. The van der Waals surface area contributed by atoms with Crippen molar-refractivity contribution in [2.75, 3.05) is 48.6 Å². The van der Waals surface area contributed by atoms with E-state index < -0.39 is 23.4 Å². The first-order valence-corrected chi connectivity index (χ1v) is 12.8. The minimum atomic E-state index is -4.54. The summed E-state index contributed by atoms with van der Waals surface area (Å²) < 4.78 is 55.6. The number of rotatable bonds is 9. The molecule has 0 radical (unpaired) electrons. The quantitative estimate of drug-likeness (QED) is 0.256. The van der Waals surface area contributed by atoms with Crippen LogP contribution in [0.1, 0.15) is 30.5 Å². The number of nitrogens with zero attached hydrogens (tertiary/aromatic N) is 4. The Bertz CT molecular complexity index is 1380. The number of alkyl halides is 3. The van der Waals surface area contributed by atoms with Crippen LogP contribution in [0.4, 0.5) is 35.3 Å². The summed E-state index contributed by atoms with van der Waals surface area (Å²) in [7, 11) is 0. The smallest absolute Gasteiger partial charge is 0.416 e. The first-order chi connectivity index (χ1) is 19.5. The maximum Gasteiger partial charge on any atom is 0.416 e. The predicted octanol–water partition coefficient (Wildman–Crippen LogP) is 5.49. The zero-order valence-electron chi connectivity index (χ0n) is 22.9. The van der Waals surface area contributed by atoms with Gasteiger partial charge in [-0.3, -0.25) is 10.7 Å². The summed E-state index contributed by atoms with van der Waals surface area (Å²) in [6.45, 7) is 7.41. The molecule has 0 bridgehead atoms. The van der Waals surface area contributed by atoms with Crippen LogP contribution < -0.4 is 20.4 Å². The molecule has 2 N–H and O–H groups in total. The lowest BCUT2D eigenvalue weighted by molar-refractivity contribution is -0.137. The van der Waals surface area contributed by atoms with Crippen molar-refractivity contribution in [1.29, 1.82) is 0 Å². The number of anilines is 3. The van der Waals surface area contributed by atoms with Gasteiger partial charge in [-0.2, -0.15) is 28.2 Å². The number of hydrogen-bond donors (Lipinski definition) is 2. The van der Waals surface area contributed by atoms with Crippen LogP contribution in [0.25, 0.3) is 0 Å². The molecule has 1 aliphatic heterocycles. The lowest BCUT2D eigenvalue weighted by atomic mass is 10.1. The lowest BCUT2D eigenvalue weighted by Gasteiger charge is -2.28. The van der Waals surface area contributed by atoms with Crippen molar-refractivity contribution < 1.29 is 32.2 Å². The van der Waals surface area contributed by atoms with Crippen LogP contribution >= 0.6 is 0 Å². The normalized spacial score (nSPS) is 14.1. The van der Waals surface area contributed by atoms with Gasteiger partial charge in [-0.25, -0.2) is 4.79 Å². The second kappa shape index (κ2) is 12.9. The number of hydrazone groups is 1. The summed E-state index contributed by atoms with van der Waals surface area (Å²) in [5.41, 5.74) is 2.81. The molecule has 1 amide bonds. The standard InChI is InChI=1S/C28H31F3N6O4/c1-19-6-4-7-20(14-19)17-32-36-23-16-24(37-10-12-39-13-11-37)35-25(34-23)40-18-27(2,3)41-26(38)33-22-9-5-8-21(15-22)28(29,30)31/h4-9,14-17H,10-13,18H2,1-3H3,(H,33,38)(H,34,35,36)/b32-17+. The first kappa shape index (κ1) is 29.6. The lowest BCUT2D eigenvalue weighted by Crippen LogP contribution is -2.38. The monoisotopic (exact) mass is 572 g/mol. The van der Waals surface area contributed by atoms with E-state index in [1.165, 1.54) is 12.1 Å². The molecule has 1 aliphatic rings. The van der Waals surface area contributed by atoms with Crippen LogP contribution in [0, 0.1) is 6.92 Å². The third-order valence-corrected chi connectivity index (χ3v) is 5.82. The van der Waals surface area contributed by atoms with Crippen molar-refractivity contribution in [2.24, 2.45) is 5.10 Å². The van der Waals surface area contributed by atoms with Crippen molar-refractivity contribution in [3.8, 4) is 6.01 Å². The number of hydrogen-bond acceptors (Lipinski definition) is 9. The molecule has 13 heteroatoms. The number of aromatic nitrogens is 2. The van der Waals surface area contributed by atoms with Crippen LogP contribution in [0.2, 0.25) is 0 Å². The van der Waals surface area contributed by atoms with Gasteiger partial charge in [0.05, 0.1) is 25.0 Å². The number of morpholine rings is 1. The van der Waals surface area contributed by atoms with Crippen molar-refractivity contribution in [2.45, 2.75) is 32.5 Å². The minimum absolute atomic E-state index is 0.0252. The topological polar surface area (TPSA) is 110 Å². The zero-order valence-corrected chi connectivity index (χ0v) is 22.9. The third-order valence-electron chi connectivity index (χ3n) is 5.82. The van der Waals surface area contributed by atoms with Gasteiger partial charge < -0.3 is 19.1 Å².